The SMILES string of the molecule is Cl.O.O=C1CCNCC1(F)F. The number of halogens is 3. The lowest BCUT2D eigenvalue weighted by atomic mass is 10.1. The number of carbonyl (C=O) groups is 1. The van der Waals surface area contributed by atoms with Crippen molar-refractivity contribution in [3.05, 3.63) is 0 Å². The second-order valence-electron chi connectivity index (χ2n) is 2.05. The van der Waals surface area contributed by atoms with Crippen molar-refractivity contribution in [3.63, 3.8) is 0 Å². The van der Waals surface area contributed by atoms with Crippen molar-refractivity contribution in [3.8, 4) is 0 Å². The van der Waals surface area contributed by atoms with E-state index in [1.165, 1.54) is 0 Å². The molecular weight excluding hydrogens is 180 g/mol. The van der Waals surface area contributed by atoms with Gasteiger partial charge >= 0.3 is 5.92 Å². The van der Waals surface area contributed by atoms with Crippen molar-refractivity contribution in [2.75, 3.05) is 13.1 Å². The third-order valence-electron chi connectivity index (χ3n) is 1.28. The highest BCUT2D eigenvalue weighted by atomic mass is 35.5. The van der Waals surface area contributed by atoms with Crippen molar-refractivity contribution >= 4 is 18.2 Å². The maximum Gasteiger partial charge on any atom is 0.317 e. The van der Waals surface area contributed by atoms with Crippen molar-refractivity contribution < 1.29 is 19.1 Å². The number of carbonyl (C=O) groups excluding carboxylic acids is 1. The molecule has 1 aliphatic rings. The predicted molar refractivity (Wildman–Crippen MR) is 38.3 cm³/mol. The van der Waals surface area contributed by atoms with Gasteiger partial charge in [0.25, 0.3) is 0 Å². The monoisotopic (exact) mass is 189 g/mol. The van der Waals surface area contributed by atoms with Crippen LogP contribution in [0.2, 0.25) is 0 Å². The van der Waals surface area contributed by atoms with Gasteiger partial charge in [0.05, 0.1) is 6.54 Å². The number of ketones is 1. The molecule has 1 heterocycles. The minimum absolute atomic E-state index is 0. The summed E-state index contributed by atoms with van der Waals surface area (Å²) >= 11 is 0. The van der Waals surface area contributed by atoms with Gasteiger partial charge in [0.2, 0.25) is 5.78 Å². The van der Waals surface area contributed by atoms with Gasteiger partial charge in [-0.05, 0) is 0 Å². The maximum atomic E-state index is 12.2. The number of rotatable bonds is 0. The third kappa shape index (κ3) is 3.09. The Balaban J connectivity index is 0. The Morgan fingerprint density at radius 2 is 2.00 bits per heavy atom. The lowest BCUT2D eigenvalue weighted by Gasteiger charge is -2.20. The Kier molecular flexibility index (Phi) is 5.56. The molecule has 3 N–H and O–H groups in total. The summed E-state index contributed by atoms with van der Waals surface area (Å²) in [6.45, 7) is -0.111. The lowest BCUT2D eigenvalue weighted by Crippen LogP contribution is -2.46. The Hall–Kier alpha value is -0.260. The van der Waals surface area contributed by atoms with Gasteiger partial charge in [-0.2, -0.15) is 8.78 Å². The molecule has 3 nitrogen and oxygen atoms in total. The summed E-state index contributed by atoms with van der Waals surface area (Å²) in [5, 5.41) is 2.43. The fraction of sp³-hybridized carbons (Fsp3) is 0.800. The zero-order valence-electron chi connectivity index (χ0n) is 5.69. The molecule has 0 radical (unpaired) electrons. The molecule has 0 amide bonds. The average Bonchev–Trinajstić information content (AvgIpc) is 1.77. The summed E-state index contributed by atoms with van der Waals surface area (Å²) in [5.74, 6) is -4.06. The Labute approximate surface area is 68.9 Å². The maximum absolute atomic E-state index is 12.2. The number of hydrogen-bond donors (Lipinski definition) is 1. The lowest BCUT2D eigenvalue weighted by molar-refractivity contribution is -0.144. The minimum Gasteiger partial charge on any atom is -0.412 e. The second kappa shape index (κ2) is 4.58. The van der Waals surface area contributed by atoms with Gasteiger partial charge < -0.3 is 10.8 Å². The number of nitrogens with one attached hydrogen (secondary N) is 1. The quantitative estimate of drug-likeness (QED) is 0.573. The molecule has 1 rings (SSSR count). The fourth-order valence-electron chi connectivity index (χ4n) is 0.729. The highest BCUT2D eigenvalue weighted by molar-refractivity contribution is 5.86. The molecule has 11 heavy (non-hydrogen) atoms. The molecule has 1 aliphatic heterocycles. The smallest absolute Gasteiger partial charge is 0.317 e. The van der Waals surface area contributed by atoms with E-state index >= 15 is 0 Å². The topological polar surface area (TPSA) is 60.6 Å². The zero-order valence-corrected chi connectivity index (χ0v) is 6.51. The van der Waals surface area contributed by atoms with Gasteiger partial charge in [0.15, 0.2) is 0 Å². The highest BCUT2D eigenvalue weighted by Crippen LogP contribution is 2.17. The molecule has 6 heteroatoms. The van der Waals surface area contributed by atoms with E-state index in [1.54, 1.807) is 0 Å². The highest BCUT2D eigenvalue weighted by Gasteiger charge is 2.39. The number of Topliss-reactive ketones (excluding diaryl/α,β-unsaturated/α-hetero) is 1. The van der Waals surface area contributed by atoms with Crippen LogP contribution in [-0.2, 0) is 4.79 Å². The molecule has 0 aliphatic carbocycles. The molecular formula is C5H10ClF2NO2. The molecule has 0 aromatic heterocycles. The molecule has 1 fully saturated rings. The van der Waals surface area contributed by atoms with E-state index in [2.05, 4.69) is 5.32 Å². The van der Waals surface area contributed by atoms with Crippen LogP contribution in [0.4, 0.5) is 8.78 Å². The van der Waals surface area contributed by atoms with Crippen LogP contribution in [0, 0.1) is 0 Å². The molecule has 0 spiro atoms. The van der Waals surface area contributed by atoms with Crippen LogP contribution in [-0.4, -0.2) is 30.3 Å². The first-order valence-corrected chi connectivity index (χ1v) is 2.75. The normalized spacial score (nSPS) is 21.5. The van der Waals surface area contributed by atoms with Crippen LogP contribution in [0.5, 0.6) is 0 Å². The number of piperidine rings is 1. The predicted octanol–water partition coefficient (Wildman–Crippen LogP) is -0.219. The molecule has 0 saturated carbocycles. The Bertz CT molecular complexity index is 142. The molecule has 68 valence electrons. The van der Waals surface area contributed by atoms with Crippen LogP contribution in [0.3, 0.4) is 0 Å². The van der Waals surface area contributed by atoms with Crippen LogP contribution in [0.25, 0.3) is 0 Å². The van der Waals surface area contributed by atoms with E-state index in [0.29, 0.717) is 6.54 Å². The first-order valence-electron chi connectivity index (χ1n) is 2.75. The van der Waals surface area contributed by atoms with Gasteiger partial charge in [0, 0.05) is 13.0 Å². The van der Waals surface area contributed by atoms with Gasteiger partial charge in [0.1, 0.15) is 0 Å². The first-order chi connectivity index (χ1) is 4.13. The van der Waals surface area contributed by atoms with E-state index < -0.39 is 18.3 Å². The molecule has 0 unspecified atom stereocenters. The summed E-state index contributed by atoms with van der Waals surface area (Å²) in [4.78, 5) is 10.3. The largest absolute Gasteiger partial charge is 0.412 e. The van der Waals surface area contributed by atoms with Gasteiger partial charge in [-0.25, -0.2) is 0 Å². The number of hydrogen-bond acceptors (Lipinski definition) is 2. The van der Waals surface area contributed by atoms with Crippen LogP contribution >= 0.6 is 12.4 Å². The van der Waals surface area contributed by atoms with E-state index in [9.17, 15) is 13.6 Å². The van der Waals surface area contributed by atoms with Gasteiger partial charge in [-0.15, -0.1) is 12.4 Å². The standard InChI is InChI=1S/C5H7F2NO.ClH.H2O/c6-5(7)3-8-2-1-4(5)9;;/h8H,1-3H2;1H;1H2. The van der Waals surface area contributed by atoms with Gasteiger partial charge in [-0.3, -0.25) is 4.79 Å². The second-order valence-corrected chi connectivity index (χ2v) is 2.05. The fourth-order valence-corrected chi connectivity index (χ4v) is 0.729. The van der Waals surface area contributed by atoms with Crippen molar-refractivity contribution in [1.29, 1.82) is 0 Å². The Morgan fingerprint density at radius 1 is 1.45 bits per heavy atom. The van der Waals surface area contributed by atoms with Crippen molar-refractivity contribution in [1.82, 2.24) is 5.32 Å². The Morgan fingerprint density at radius 3 is 2.27 bits per heavy atom. The molecule has 0 aromatic rings. The van der Waals surface area contributed by atoms with Crippen LogP contribution < -0.4 is 5.32 Å². The molecule has 0 aromatic carbocycles. The van der Waals surface area contributed by atoms with Gasteiger partial charge in [-0.1, -0.05) is 0 Å². The summed E-state index contributed by atoms with van der Waals surface area (Å²) in [5.41, 5.74) is 0. The third-order valence-corrected chi connectivity index (χ3v) is 1.28. The summed E-state index contributed by atoms with van der Waals surface area (Å²) in [6.07, 6.45) is -0.0486. The van der Waals surface area contributed by atoms with E-state index in [0.717, 1.165) is 0 Å². The summed E-state index contributed by atoms with van der Waals surface area (Å²) < 4.78 is 24.4. The van der Waals surface area contributed by atoms with Crippen LogP contribution in [0.1, 0.15) is 6.42 Å². The van der Waals surface area contributed by atoms with Crippen molar-refractivity contribution in [2.45, 2.75) is 12.3 Å². The molecule has 0 atom stereocenters. The van der Waals surface area contributed by atoms with E-state index in [1.807, 2.05) is 0 Å². The van der Waals surface area contributed by atoms with Crippen molar-refractivity contribution in [2.24, 2.45) is 0 Å². The average molecular weight is 190 g/mol. The van der Waals surface area contributed by atoms with E-state index in [-0.39, 0.29) is 24.3 Å². The molecule has 0 bridgehead atoms. The minimum atomic E-state index is -3.11. The van der Waals surface area contributed by atoms with Crippen LogP contribution in [0.15, 0.2) is 0 Å². The first kappa shape index (κ1) is 13.3. The summed E-state index contributed by atoms with van der Waals surface area (Å²) in [7, 11) is 0. The molecule has 1 saturated heterocycles. The summed E-state index contributed by atoms with van der Waals surface area (Å²) in [6, 6.07) is 0. The van der Waals surface area contributed by atoms with E-state index in [4.69, 9.17) is 0 Å². The zero-order chi connectivity index (χ0) is 6.91. The number of alkyl halides is 2.